The van der Waals surface area contributed by atoms with E-state index >= 15 is 0 Å². The van der Waals surface area contributed by atoms with Crippen molar-refractivity contribution in [2.24, 2.45) is 0 Å². The first-order valence-corrected chi connectivity index (χ1v) is 8.84. The molecule has 0 amide bonds. The number of ether oxygens (including phenoxy) is 2. The van der Waals surface area contributed by atoms with E-state index in [4.69, 9.17) is 9.47 Å². The van der Waals surface area contributed by atoms with Gasteiger partial charge in [-0.05, 0) is 18.9 Å². The molecule has 2 nitrogen and oxygen atoms in total. The van der Waals surface area contributed by atoms with Gasteiger partial charge < -0.3 is 9.47 Å². The molecule has 0 aliphatic heterocycles. The Bertz CT molecular complexity index is 412. The molecule has 1 aromatic carbocycles. The van der Waals surface area contributed by atoms with Gasteiger partial charge in [0.25, 0.3) is 0 Å². The van der Waals surface area contributed by atoms with Crippen LogP contribution < -0.4 is 9.47 Å². The summed E-state index contributed by atoms with van der Waals surface area (Å²) in [7, 11) is 0. The SMILES string of the molecule is C=Cc1cccc(OCCCCCC)c1OCCCCCC. The van der Waals surface area contributed by atoms with Gasteiger partial charge in [0.2, 0.25) is 0 Å². The molecule has 0 aliphatic rings. The molecule has 0 saturated heterocycles. The van der Waals surface area contributed by atoms with Crippen LogP contribution >= 0.6 is 0 Å². The highest BCUT2D eigenvalue weighted by Crippen LogP contribution is 2.32. The molecule has 1 rings (SSSR count). The number of para-hydroxylation sites is 1. The topological polar surface area (TPSA) is 18.5 Å². The van der Waals surface area contributed by atoms with Crippen molar-refractivity contribution in [3.8, 4) is 11.5 Å². The summed E-state index contributed by atoms with van der Waals surface area (Å²) in [5, 5.41) is 0. The fourth-order valence-electron chi connectivity index (χ4n) is 2.38. The summed E-state index contributed by atoms with van der Waals surface area (Å²) < 4.78 is 11.9. The van der Waals surface area contributed by atoms with E-state index in [1.165, 1.54) is 38.5 Å². The molecule has 0 heterocycles. The molecular weight excluding hydrogens is 272 g/mol. The third-order valence-corrected chi connectivity index (χ3v) is 3.73. The van der Waals surface area contributed by atoms with E-state index in [0.29, 0.717) is 0 Å². The minimum atomic E-state index is 0.747. The van der Waals surface area contributed by atoms with Crippen molar-refractivity contribution < 1.29 is 9.47 Å². The molecule has 124 valence electrons. The average molecular weight is 304 g/mol. The van der Waals surface area contributed by atoms with Gasteiger partial charge in [0.15, 0.2) is 11.5 Å². The summed E-state index contributed by atoms with van der Waals surface area (Å²) in [6, 6.07) is 6.02. The van der Waals surface area contributed by atoms with Gasteiger partial charge >= 0.3 is 0 Å². The van der Waals surface area contributed by atoms with Gasteiger partial charge in [-0.15, -0.1) is 0 Å². The van der Waals surface area contributed by atoms with E-state index < -0.39 is 0 Å². The molecule has 1 aromatic rings. The van der Waals surface area contributed by atoms with Crippen LogP contribution in [0.5, 0.6) is 11.5 Å². The smallest absolute Gasteiger partial charge is 0.168 e. The lowest BCUT2D eigenvalue weighted by atomic mass is 10.1. The van der Waals surface area contributed by atoms with E-state index in [0.717, 1.165) is 43.1 Å². The van der Waals surface area contributed by atoms with Crippen LogP contribution in [-0.2, 0) is 0 Å². The van der Waals surface area contributed by atoms with E-state index in [2.05, 4.69) is 20.4 Å². The maximum Gasteiger partial charge on any atom is 0.168 e. The van der Waals surface area contributed by atoms with Crippen molar-refractivity contribution in [3.05, 3.63) is 30.3 Å². The molecule has 0 bridgehead atoms. The van der Waals surface area contributed by atoms with Gasteiger partial charge in [0.1, 0.15) is 0 Å². The minimum Gasteiger partial charge on any atom is -0.490 e. The maximum absolute atomic E-state index is 5.99. The Kier molecular flexibility index (Phi) is 10.3. The fraction of sp³-hybridized carbons (Fsp3) is 0.600. The molecule has 0 fully saturated rings. The summed E-state index contributed by atoms with van der Waals surface area (Å²) in [4.78, 5) is 0. The first kappa shape index (κ1) is 18.6. The monoisotopic (exact) mass is 304 g/mol. The standard InChI is InChI=1S/C20H32O2/c1-4-7-9-11-16-21-19-15-13-14-18(6-3)20(19)22-17-12-10-8-5-2/h6,13-15H,3-5,7-12,16-17H2,1-2H3. The molecule has 0 atom stereocenters. The largest absolute Gasteiger partial charge is 0.490 e. The van der Waals surface area contributed by atoms with Gasteiger partial charge in [-0.2, -0.15) is 0 Å². The normalized spacial score (nSPS) is 10.5. The molecule has 0 unspecified atom stereocenters. The van der Waals surface area contributed by atoms with Crippen LogP contribution in [0.15, 0.2) is 24.8 Å². The van der Waals surface area contributed by atoms with Gasteiger partial charge in [0.05, 0.1) is 13.2 Å². The Hall–Kier alpha value is -1.44. The summed E-state index contributed by atoms with van der Waals surface area (Å²) in [6.07, 6.45) is 11.5. The molecule has 0 N–H and O–H groups in total. The summed E-state index contributed by atoms with van der Waals surface area (Å²) >= 11 is 0. The van der Waals surface area contributed by atoms with Crippen molar-refractivity contribution in [1.82, 2.24) is 0 Å². The first-order valence-electron chi connectivity index (χ1n) is 8.84. The van der Waals surface area contributed by atoms with E-state index in [9.17, 15) is 0 Å². The van der Waals surface area contributed by atoms with E-state index in [-0.39, 0.29) is 0 Å². The molecule has 0 spiro atoms. The first-order chi connectivity index (χ1) is 10.8. The molecule has 2 heteroatoms. The molecule has 0 aromatic heterocycles. The number of hydrogen-bond acceptors (Lipinski definition) is 2. The van der Waals surface area contributed by atoms with Crippen molar-refractivity contribution in [2.45, 2.75) is 65.2 Å². The average Bonchev–Trinajstić information content (AvgIpc) is 2.55. The number of rotatable bonds is 13. The number of hydrogen-bond donors (Lipinski definition) is 0. The third kappa shape index (κ3) is 7.02. The Morgan fingerprint density at radius 1 is 0.864 bits per heavy atom. The molecule has 0 saturated carbocycles. The van der Waals surface area contributed by atoms with E-state index in [1.54, 1.807) is 0 Å². The highest BCUT2D eigenvalue weighted by Gasteiger charge is 2.09. The van der Waals surface area contributed by atoms with E-state index in [1.807, 2.05) is 24.3 Å². The predicted octanol–water partition coefficient (Wildman–Crippen LogP) is 6.25. The summed E-state index contributed by atoms with van der Waals surface area (Å²) in [5.74, 6) is 1.70. The second kappa shape index (κ2) is 12.1. The molecule has 0 radical (unpaired) electrons. The van der Waals surface area contributed by atoms with Crippen molar-refractivity contribution in [2.75, 3.05) is 13.2 Å². The lowest BCUT2D eigenvalue weighted by Gasteiger charge is -2.15. The predicted molar refractivity (Wildman–Crippen MR) is 95.8 cm³/mol. The Labute approximate surface area is 136 Å². The highest BCUT2D eigenvalue weighted by atomic mass is 16.5. The lowest BCUT2D eigenvalue weighted by molar-refractivity contribution is 0.258. The van der Waals surface area contributed by atoms with Gasteiger partial charge in [-0.25, -0.2) is 0 Å². The van der Waals surface area contributed by atoms with Gasteiger partial charge in [-0.3, -0.25) is 0 Å². The van der Waals surface area contributed by atoms with Crippen LogP contribution in [-0.4, -0.2) is 13.2 Å². The van der Waals surface area contributed by atoms with Crippen LogP contribution in [0.1, 0.15) is 70.8 Å². The zero-order valence-electron chi connectivity index (χ0n) is 14.4. The second-order valence-corrected chi connectivity index (χ2v) is 5.70. The quantitative estimate of drug-likeness (QED) is 0.401. The van der Waals surface area contributed by atoms with Crippen LogP contribution in [0, 0.1) is 0 Å². The van der Waals surface area contributed by atoms with Crippen molar-refractivity contribution in [3.63, 3.8) is 0 Å². The molecular formula is C20H32O2. The van der Waals surface area contributed by atoms with Crippen LogP contribution in [0.25, 0.3) is 6.08 Å². The Morgan fingerprint density at radius 2 is 1.50 bits per heavy atom. The second-order valence-electron chi connectivity index (χ2n) is 5.70. The molecule has 0 aliphatic carbocycles. The minimum absolute atomic E-state index is 0.747. The summed E-state index contributed by atoms with van der Waals surface area (Å²) in [5.41, 5.74) is 1.02. The Morgan fingerprint density at radius 3 is 2.09 bits per heavy atom. The zero-order valence-corrected chi connectivity index (χ0v) is 14.4. The van der Waals surface area contributed by atoms with Crippen molar-refractivity contribution >= 4 is 6.08 Å². The van der Waals surface area contributed by atoms with Gasteiger partial charge in [0, 0.05) is 5.56 Å². The molecule has 22 heavy (non-hydrogen) atoms. The Balaban J connectivity index is 2.53. The number of benzene rings is 1. The number of unbranched alkanes of at least 4 members (excludes halogenated alkanes) is 6. The summed E-state index contributed by atoms with van der Waals surface area (Å²) in [6.45, 7) is 9.82. The fourth-order valence-corrected chi connectivity index (χ4v) is 2.38. The van der Waals surface area contributed by atoms with Crippen LogP contribution in [0.4, 0.5) is 0 Å². The van der Waals surface area contributed by atoms with Gasteiger partial charge in [-0.1, -0.05) is 77.2 Å². The third-order valence-electron chi connectivity index (χ3n) is 3.73. The van der Waals surface area contributed by atoms with Crippen LogP contribution in [0.2, 0.25) is 0 Å². The highest BCUT2D eigenvalue weighted by molar-refractivity contribution is 5.61. The van der Waals surface area contributed by atoms with Crippen molar-refractivity contribution in [1.29, 1.82) is 0 Å². The lowest BCUT2D eigenvalue weighted by Crippen LogP contribution is -2.04. The zero-order chi connectivity index (χ0) is 16.0. The van der Waals surface area contributed by atoms with Crippen LogP contribution in [0.3, 0.4) is 0 Å². The maximum atomic E-state index is 5.99.